The molecule has 1 heterocycles. The topological polar surface area (TPSA) is 30.8 Å². The summed E-state index contributed by atoms with van der Waals surface area (Å²) in [5.41, 5.74) is 0. The molecule has 0 bridgehead atoms. The van der Waals surface area contributed by atoms with Gasteiger partial charge in [-0.3, -0.25) is 0 Å². The molecule has 0 amide bonds. The highest BCUT2D eigenvalue weighted by molar-refractivity contribution is 7.78. The molecular formula is C6H9NO2S. The molecule has 0 saturated carbocycles. The van der Waals surface area contributed by atoms with Crippen molar-refractivity contribution in [2.45, 2.75) is 25.9 Å². The van der Waals surface area contributed by atoms with E-state index in [1.807, 2.05) is 13.8 Å². The minimum atomic E-state index is -0.514. The van der Waals surface area contributed by atoms with Gasteiger partial charge in [0, 0.05) is 0 Å². The fourth-order valence-corrected chi connectivity index (χ4v) is 0.908. The Hall–Kier alpha value is -0.280. The fraction of sp³-hybridized carbons (Fsp3) is 0.833. The summed E-state index contributed by atoms with van der Waals surface area (Å²) >= 11 is 4.41. The fourth-order valence-electron chi connectivity index (χ4n) is 0.790. The van der Waals surface area contributed by atoms with E-state index in [9.17, 15) is 0 Å². The lowest BCUT2D eigenvalue weighted by Crippen LogP contribution is -2.20. The number of rotatable bonds is 1. The summed E-state index contributed by atoms with van der Waals surface area (Å²) in [7, 11) is 0. The Balaban J connectivity index is 2.51. The molecule has 1 aliphatic rings. The molecule has 4 heteroatoms. The van der Waals surface area contributed by atoms with E-state index in [1.54, 1.807) is 0 Å². The maximum absolute atomic E-state index is 5.27. The van der Waals surface area contributed by atoms with E-state index in [0.29, 0.717) is 6.61 Å². The molecule has 1 aliphatic heterocycles. The lowest BCUT2D eigenvalue weighted by molar-refractivity contribution is -0.137. The third-order valence-electron chi connectivity index (χ3n) is 1.19. The molecule has 0 aliphatic carbocycles. The van der Waals surface area contributed by atoms with Crippen molar-refractivity contribution in [1.29, 1.82) is 0 Å². The number of hydrogen-bond acceptors (Lipinski definition) is 4. The van der Waals surface area contributed by atoms with Crippen LogP contribution >= 0.6 is 12.2 Å². The van der Waals surface area contributed by atoms with Crippen LogP contribution in [0.5, 0.6) is 0 Å². The van der Waals surface area contributed by atoms with E-state index in [-0.39, 0.29) is 6.23 Å². The average Bonchev–Trinajstić information content (AvgIpc) is 2.12. The first-order valence-corrected chi connectivity index (χ1v) is 3.44. The zero-order chi connectivity index (χ0) is 7.61. The van der Waals surface area contributed by atoms with Crippen LogP contribution in [-0.4, -0.2) is 23.8 Å². The van der Waals surface area contributed by atoms with Crippen LogP contribution in [0.4, 0.5) is 0 Å². The van der Waals surface area contributed by atoms with Crippen molar-refractivity contribution < 1.29 is 9.47 Å². The van der Waals surface area contributed by atoms with Gasteiger partial charge in [0.1, 0.15) is 0 Å². The third-order valence-corrected chi connectivity index (χ3v) is 1.30. The Bertz CT molecular complexity index is 175. The van der Waals surface area contributed by atoms with Crippen molar-refractivity contribution >= 4 is 17.4 Å². The Morgan fingerprint density at radius 3 is 2.80 bits per heavy atom. The van der Waals surface area contributed by atoms with Crippen molar-refractivity contribution in [2.75, 3.05) is 6.61 Å². The molecule has 0 N–H and O–H groups in total. The first kappa shape index (κ1) is 7.82. The van der Waals surface area contributed by atoms with Gasteiger partial charge in [-0.2, -0.15) is 4.99 Å². The lowest BCUT2D eigenvalue weighted by atomic mass is 10.4. The van der Waals surface area contributed by atoms with E-state index in [0.717, 1.165) is 0 Å². The molecule has 0 aromatic rings. The number of aliphatic imine (C=N–C) groups is 1. The van der Waals surface area contributed by atoms with Gasteiger partial charge in [-0.05, 0) is 26.1 Å². The van der Waals surface area contributed by atoms with Crippen LogP contribution < -0.4 is 0 Å². The van der Waals surface area contributed by atoms with Crippen molar-refractivity contribution in [3.63, 3.8) is 0 Å². The maximum atomic E-state index is 5.27. The molecule has 0 aromatic carbocycles. The summed E-state index contributed by atoms with van der Waals surface area (Å²) in [5, 5.41) is 2.25. The summed E-state index contributed by atoms with van der Waals surface area (Å²) in [4.78, 5) is 3.74. The summed E-state index contributed by atoms with van der Waals surface area (Å²) in [5.74, 6) is -0.514. The van der Waals surface area contributed by atoms with Crippen LogP contribution in [0, 0.1) is 0 Å². The standard InChI is InChI=1S/C6H9NO2S/c1-6(2)8-3-5(9-6)7-4-10/h5H,3H2,1-2H3. The Morgan fingerprint density at radius 2 is 2.40 bits per heavy atom. The van der Waals surface area contributed by atoms with Crippen LogP contribution in [0.2, 0.25) is 0 Å². The minimum Gasteiger partial charge on any atom is -0.346 e. The molecule has 1 unspecified atom stereocenters. The Labute approximate surface area is 65.0 Å². The zero-order valence-corrected chi connectivity index (χ0v) is 6.77. The first-order chi connectivity index (χ1) is 4.64. The van der Waals surface area contributed by atoms with Crippen molar-refractivity contribution in [2.24, 2.45) is 4.99 Å². The summed E-state index contributed by atoms with van der Waals surface area (Å²) in [6, 6.07) is 0. The SMILES string of the molecule is CC1(C)OCC(N=C=S)O1. The van der Waals surface area contributed by atoms with E-state index in [2.05, 4.69) is 22.4 Å². The second kappa shape index (κ2) is 2.76. The van der Waals surface area contributed by atoms with Gasteiger partial charge in [0.25, 0.3) is 0 Å². The number of isothiocyanates is 1. The second-order valence-electron chi connectivity index (χ2n) is 2.50. The molecule has 1 rings (SSSR count). The minimum absolute atomic E-state index is 0.257. The van der Waals surface area contributed by atoms with Crippen molar-refractivity contribution in [3.05, 3.63) is 0 Å². The largest absolute Gasteiger partial charge is 0.346 e. The maximum Gasteiger partial charge on any atom is 0.184 e. The van der Waals surface area contributed by atoms with Gasteiger partial charge in [-0.15, -0.1) is 0 Å². The van der Waals surface area contributed by atoms with E-state index in [4.69, 9.17) is 9.47 Å². The molecule has 0 aromatic heterocycles. The monoisotopic (exact) mass is 159 g/mol. The van der Waals surface area contributed by atoms with E-state index >= 15 is 0 Å². The predicted molar refractivity (Wildman–Crippen MR) is 39.9 cm³/mol. The molecule has 0 radical (unpaired) electrons. The van der Waals surface area contributed by atoms with Crippen LogP contribution in [0.15, 0.2) is 4.99 Å². The predicted octanol–water partition coefficient (Wildman–Crippen LogP) is 1.20. The Kier molecular flexibility index (Phi) is 2.16. The van der Waals surface area contributed by atoms with Gasteiger partial charge in [0.2, 0.25) is 0 Å². The highest BCUT2D eigenvalue weighted by Crippen LogP contribution is 2.22. The average molecular weight is 159 g/mol. The smallest absolute Gasteiger partial charge is 0.184 e. The van der Waals surface area contributed by atoms with E-state index in [1.165, 1.54) is 0 Å². The normalized spacial score (nSPS) is 29.6. The van der Waals surface area contributed by atoms with Crippen molar-refractivity contribution in [1.82, 2.24) is 0 Å². The van der Waals surface area contributed by atoms with Gasteiger partial charge >= 0.3 is 0 Å². The molecule has 10 heavy (non-hydrogen) atoms. The van der Waals surface area contributed by atoms with Crippen LogP contribution in [0.1, 0.15) is 13.8 Å². The summed E-state index contributed by atoms with van der Waals surface area (Å²) in [6.07, 6.45) is -0.257. The van der Waals surface area contributed by atoms with Gasteiger partial charge in [-0.25, -0.2) is 0 Å². The molecule has 1 fully saturated rings. The molecule has 3 nitrogen and oxygen atoms in total. The molecular weight excluding hydrogens is 150 g/mol. The molecule has 56 valence electrons. The third kappa shape index (κ3) is 1.85. The Morgan fingerprint density at radius 1 is 1.70 bits per heavy atom. The van der Waals surface area contributed by atoms with E-state index < -0.39 is 5.79 Å². The molecule has 0 spiro atoms. The first-order valence-electron chi connectivity index (χ1n) is 3.03. The number of nitrogens with zero attached hydrogens (tertiary/aromatic N) is 1. The quantitative estimate of drug-likeness (QED) is 0.425. The van der Waals surface area contributed by atoms with Crippen LogP contribution in [0.25, 0.3) is 0 Å². The van der Waals surface area contributed by atoms with Crippen LogP contribution in [0.3, 0.4) is 0 Å². The zero-order valence-electron chi connectivity index (χ0n) is 5.96. The van der Waals surface area contributed by atoms with Gasteiger partial charge < -0.3 is 9.47 Å². The summed E-state index contributed by atoms with van der Waals surface area (Å²) < 4.78 is 10.5. The number of thiocarbonyl (C=S) groups is 1. The summed E-state index contributed by atoms with van der Waals surface area (Å²) in [6.45, 7) is 4.15. The van der Waals surface area contributed by atoms with Gasteiger partial charge in [0.15, 0.2) is 12.0 Å². The van der Waals surface area contributed by atoms with Gasteiger partial charge in [-0.1, -0.05) is 0 Å². The lowest BCUT2D eigenvalue weighted by Gasteiger charge is -2.14. The second-order valence-corrected chi connectivity index (χ2v) is 2.69. The number of hydrogen-bond donors (Lipinski definition) is 0. The molecule has 1 saturated heterocycles. The highest BCUT2D eigenvalue weighted by Gasteiger charge is 2.31. The van der Waals surface area contributed by atoms with Crippen LogP contribution in [-0.2, 0) is 9.47 Å². The highest BCUT2D eigenvalue weighted by atomic mass is 32.1. The molecule has 1 atom stereocenters. The van der Waals surface area contributed by atoms with Crippen molar-refractivity contribution in [3.8, 4) is 0 Å². The van der Waals surface area contributed by atoms with Gasteiger partial charge in [0.05, 0.1) is 11.8 Å². The number of ether oxygens (including phenoxy) is 2.